The fourth-order valence-corrected chi connectivity index (χ4v) is 4.01. The Kier molecular flexibility index (Phi) is 10.5. The van der Waals surface area contributed by atoms with Gasteiger partial charge in [-0.2, -0.15) is 0 Å². The van der Waals surface area contributed by atoms with Gasteiger partial charge in [0.1, 0.15) is 36.9 Å². The van der Waals surface area contributed by atoms with Crippen LogP contribution in [0.15, 0.2) is 36.4 Å². The molecule has 34 heavy (non-hydrogen) atoms. The van der Waals surface area contributed by atoms with Crippen LogP contribution >= 0.6 is 23.2 Å². The first-order valence-electron chi connectivity index (χ1n) is 11.2. The van der Waals surface area contributed by atoms with Crippen LogP contribution in [0.1, 0.15) is 12.8 Å². The second-order valence-corrected chi connectivity index (χ2v) is 9.10. The summed E-state index contributed by atoms with van der Waals surface area (Å²) in [6, 6.07) is 9.59. The minimum atomic E-state index is -0.719. The van der Waals surface area contributed by atoms with E-state index in [2.05, 4.69) is 10.2 Å². The predicted molar refractivity (Wildman–Crippen MR) is 130 cm³/mol. The summed E-state index contributed by atoms with van der Waals surface area (Å²) in [5.41, 5.74) is 0. The first-order valence-corrected chi connectivity index (χ1v) is 12.0. The van der Waals surface area contributed by atoms with E-state index in [-0.39, 0.29) is 25.0 Å². The molecule has 2 aromatic rings. The van der Waals surface area contributed by atoms with Gasteiger partial charge in [0.25, 0.3) is 0 Å². The fraction of sp³-hybridized carbons (Fsp3) is 0.500. The second kappa shape index (κ2) is 13.3. The van der Waals surface area contributed by atoms with Crippen LogP contribution < -0.4 is 19.5 Å². The number of piperidine rings is 1. The largest absolute Gasteiger partial charge is 0.494 e. The smallest absolute Gasteiger partial charge is 0.168 e. The lowest BCUT2D eigenvalue weighted by Crippen LogP contribution is -2.47. The highest BCUT2D eigenvalue weighted by molar-refractivity contribution is 6.42. The van der Waals surface area contributed by atoms with Gasteiger partial charge in [0.2, 0.25) is 0 Å². The van der Waals surface area contributed by atoms with Crippen LogP contribution in [0.25, 0.3) is 0 Å². The van der Waals surface area contributed by atoms with E-state index in [9.17, 15) is 14.6 Å². The molecule has 0 saturated carbocycles. The molecule has 2 atom stereocenters. The van der Waals surface area contributed by atoms with Gasteiger partial charge in [0, 0.05) is 31.3 Å². The fourth-order valence-electron chi connectivity index (χ4n) is 3.72. The average Bonchev–Trinajstić information content (AvgIpc) is 2.83. The minimum absolute atomic E-state index is 0.0582. The van der Waals surface area contributed by atoms with Crippen LogP contribution in [0.4, 0.5) is 4.39 Å². The number of methoxy groups -OCH3 is 1. The quantitative estimate of drug-likeness (QED) is 0.398. The lowest BCUT2D eigenvalue weighted by Gasteiger charge is -2.33. The van der Waals surface area contributed by atoms with Crippen molar-refractivity contribution in [3.63, 3.8) is 0 Å². The molecule has 1 fully saturated rings. The molecule has 7 nitrogen and oxygen atoms in total. The Balaban J connectivity index is 1.29. The Labute approximate surface area is 209 Å². The molecule has 3 rings (SSSR count). The maximum absolute atomic E-state index is 13.7. The van der Waals surface area contributed by atoms with Gasteiger partial charge >= 0.3 is 0 Å². The number of nitrogens with zero attached hydrogens (tertiary/aromatic N) is 1. The van der Waals surface area contributed by atoms with Gasteiger partial charge in [0.15, 0.2) is 11.6 Å². The highest BCUT2D eigenvalue weighted by Gasteiger charge is 2.22. The average molecular weight is 517 g/mol. The van der Waals surface area contributed by atoms with Crippen molar-refractivity contribution < 1.29 is 28.8 Å². The highest BCUT2D eigenvalue weighted by atomic mass is 35.5. The zero-order chi connectivity index (χ0) is 24.5. The van der Waals surface area contributed by atoms with E-state index >= 15 is 0 Å². The SMILES string of the molecule is COc1ccc(OC[C@H](O)CNC2CCN(C[C@H](O)COc3ccc(Cl)c(Cl)c3)CC2)cc1F. The summed E-state index contributed by atoms with van der Waals surface area (Å²) in [5, 5.41) is 24.7. The van der Waals surface area contributed by atoms with E-state index in [1.807, 2.05) is 0 Å². The maximum Gasteiger partial charge on any atom is 0.168 e. The molecule has 0 unspecified atom stereocenters. The Hall–Kier alpha value is -1.81. The molecule has 10 heteroatoms. The number of halogens is 3. The molecule has 0 spiro atoms. The molecule has 3 N–H and O–H groups in total. The van der Waals surface area contributed by atoms with Crippen molar-refractivity contribution in [3.05, 3.63) is 52.3 Å². The summed E-state index contributed by atoms with van der Waals surface area (Å²) >= 11 is 11.9. The molecule has 1 aliphatic rings. The number of β-amino-alcohol motifs (C(OH)–C–C–N with tert-alkyl or cyclic N) is 1. The van der Waals surface area contributed by atoms with Gasteiger partial charge in [-0.3, -0.25) is 0 Å². The Bertz CT molecular complexity index is 915. The van der Waals surface area contributed by atoms with E-state index < -0.39 is 18.0 Å². The summed E-state index contributed by atoms with van der Waals surface area (Å²) < 4.78 is 29.7. The molecule has 188 valence electrons. The molecule has 0 amide bonds. The zero-order valence-electron chi connectivity index (χ0n) is 19.1. The van der Waals surface area contributed by atoms with Crippen LogP contribution in [0.3, 0.4) is 0 Å². The van der Waals surface area contributed by atoms with Gasteiger partial charge < -0.3 is 34.6 Å². The van der Waals surface area contributed by atoms with Crippen molar-refractivity contribution in [1.29, 1.82) is 0 Å². The standard InChI is InChI=1S/C24H31Cl2FN2O5/c1-32-24-5-3-20(11-23(24)27)33-14-17(30)12-28-16-6-8-29(9-7-16)13-18(31)15-34-19-2-4-21(25)22(26)10-19/h2-5,10-11,16-18,28,30-31H,6-9,12-15H2,1H3/t17-,18+/m1/s1. The number of benzene rings is 2. The molecule has 0 bridgehead atoms. The molecule has 0 aliphatic carbocycles. The van der Waals surface area contributed by atoms with Crippen LogP contribution in [0.2, 0.25) is 10.0 Å². The number of ether oxygens (including phenoxy) is 3. The number of hydrogen-bond donors (Lipinski definition) is 3. The third-order valence-corrected chi connectivity index (χ3v) is 6.34. The van der Waals surface area contributed by atoms with Crippen LogP contribution in [0, 0.1) is 5.82 Å². The summed E-state index contributed by atoms with van der Waals surface area (Å²) in [7, 11) is 1.40. The molecule has 0 aromatic heterocycles. The van der Waals surface area contributed by atoms with Crippen molar-refractivity contribution >= 4 is 23.2 Å². The predicted octanol–water partition coefficient (Wildman–Crippen LogP) is 3.37. The number of aliphatic hydroxyl groups excluding tert-OH is 2. The molecular weight excluding hydrogens is 486 g/mol. The molecular formula is C24H31Cl2FN2O5. The lowest BCUT2D eigenvalue weighted by atomic mass is 10.0. The van der Waals surface area contributed by atoms with Gasteiger partial charge in [-0.25, -0.2) is 4.39 Å². The normalized spacial score (nSPS) is 16.8. The van der Waals surface area contributed by atoms with Gasteiger partial charge in [-0.1, -0.05) is 23.2 Å². The van der Waals surface area contributed by atoms with Crippen molar-refractivity contribution in [3.8, 4) is 17.2 Å². The Morgan fingerprint density at radius 3 is 2.29 bits per heavy atom. The van der Waals surface area contributed by atoms with Crippen LogP contribution in [-0.2, 0) is 0 Å². The summed E-state index contributed by atoms with van der Waals surface area (Å²) in [6.45, 7) is 2.79. The molecule has 1 saturated heterocycles. The van der Waals surface area contributed by atoms with Crippen molar-refractivity contribution in [1.82, 2.24) is 10.2 Å². The highest BCUT2D eigenvalue weighted by Crippen LogP contribution is 2.26. The van der Waals surface area contributed by atoms with Gasteiger partial charge in [-0.05, 0) is 50.2 Å². The molecule has 1 aliphatic heterocycles. The third-order valence-electron chi connectivity index (χ3n) is 5.60. The van der Waals surface area contributed by atoms with Gasteiger partial charge in [0.05, 0.1) is 17.2 Å². The van der Waals surface area contributed by atoms with Crippen LogP contribution in [-0.4, -0.2) is 79.9 Å². The van der Waals surface area contributed by atoms with Crippen molar-refractivity contribution in [2.75, 3.05) is 46.5 Å². The molecule has 1 heterocycles. The second-order valence-electron chi connectivity index (χ2n) is 8.29. The van der Waals surface area contributed by atoms with Gasteiger partial charge in [-0.15, -0.1) is 0 Å². The monoisotopic (exact) mass is 516 g/mol. The Morgan fingerprint density at radius 1 is 1.00 bits per heavy atom. The number of hydrogen-bond acceptors (Lipinski definition) is 7. The first-order chi connectivity index (χ1) is 16.3. The molecule has 2 aromatic carbocycles. The van der Waals surface area contributed by atoms with Crippen molar-refractivity contribution in [2.24, 2.45) is 0 Å². The minimum Gasteiger partial charge on any atom is -0.494 e. The number of aliphatic hydroxyl groups is 2. The van der Waals surface area contributed by atoms with Crippen molar-refractivity contribution in [2.45, 2.75) is 31.1 Å². The van der Waals surface area contributed by atoms with E-state index in [1.165, 1.54) is 19.2 Å². The summed E-state index contributed by atoms with van der Waals surface area (Å²) in [5.74, 6) is 0.543. The molecule has 0 radical (unpaired) electrons. The summed E-state index contributed by atoms with van der Waals surface area (Å²) in [6.07, 6.45) is 0.458. The van der Waals surface area contributed by atoms with Crippen LogP contribution in [0.5, 0.6) is 17.2 Å². The third kappa shape index (κ3) is 8.45. The van der Waals surface area contributed by atoms with E-state index in [0.717, 1.165) is 25.9 Å². The zero-order valence-corrected chi connectivity index (χ0v) is 20.6. The van der Waals surface area contributed by atoms with E-state index in [4.69, 9.17) is 37.4 Å². The maximum atomic E-state index is 13.7. The van der Waals surface area contributed by atoms with E-state index in [0.29, 0.717) is 34.6 Å². The van der Waals surface area contributed by atoms with E-state index in [1.54, 1.807) is 24.3 Å². The number of rotatable bonds is 12. The lowest BCUT2D eigenvalue weighted by molar-refractivity contribution is 0.0556. The summed E-state index contributed by atoms with van der Waals surface area (Å²) in [4.78, 5) is 2.19. The number of likely N-dealkylation sites (tertiary alicyclic amines) is 1. The number of nitrogens with one attached hydrogen (secondary N) is 1. The first kappa shape index (κ1) is 26.8. The topological polar surface area (TPSA) is 83.4 Å². The Morgan fingerprint density at radius 2 is 1.65 bits per heavy atom.